The van der Waals surface area contributed by atoms with Crippen LogP contribution in [0.2, 0.25) is 0 Å². The van der Waals surface area contributed by atoms with E-state index < -0.39 is 23.8 Å². The minimum atomic E-state index is -4.77. The maximum absolute atomic E-state index is 12.3. The van der Waals surface area contributed by atoms with Crippen LogP contribution in [0.25, 0.3) is 0 Å². The predicted molar refractivity (Wildman–Crippen MR) is 77.4 cm³/mol. The monoisotopic (exact) mass is 346 g/mol. The first kappa shape index (κ1) is 18.1. The largest absolute Gasteiger partial charge is 0.573 e. The third-order valence-electron chi connectivity index (χ3n) is 3.53. The predicted octanol–water partition coefficient (Wildman–Crippen LogP) is 2.08. The summed E-state index contributed by atoms with van der Waals surface area (Å²) in [7, 11) is 1.42. The number of alkyl halides is 3. The summed E-state index contributed by atoms with van der Waals surface area (Å²) in [5.41, 5.74) is -0.620. The van der Waals surface area contributed by atoms with Crippen molar-refractivity contribution in [2.24, 2.45) is 0 Å². The average molecular weight is 346 g/mol. The van der Waals surface area contributed by atoms with Crippen LogP contribution in [0, 0.1) is 0 Å². The summed E-state index contributed by atoms with van der Waals surface area (Å²) >= 11 is 0. The normalized spacial score (nSPS) is 21.1. The first-order valence-corrected chi connectivity index (χ1v) is 7.12. The first-order valence-electron chi connectivity index (χ1n) is 7.12. The highest BCUT2D eigenvalue weighted by Crippen LogP contribution is 2.24. The van der Waals surface area contributed by atoms with E-state index in [4.69, 9.17) is 4.74 Å². The van der Waals surface area contributed by atoms with Crippen LogP contribution in [0.15, 0.2) is 24.3 Å². The molecule has 0 radical (unpaired) electrons. The van der Waals surface area contributed by atoms with E-state index in [1.54, 1.807) is 13.0 Å². The quantitative estimate of drug-likeness (QED) is 0.801. The molecule has 0 aliphatic carbocycles. The number of ether oxygens (including phenoxy) is 2. The van der Waals surface area contributed by atoms with Crippen molar-refractivity contribution in [2.75, 3.05) is 20.3 Å². The van der Waals surface area contributed by atoms with Gasteiger partial charge in [-0.2, -0.15) is 0 Å². The maximum Gasteiger partial charge on any atom is 0.573 e. The number of hydrogen-bond acceptors (Lipinski definition) is 4. The van der Waals surface area contributed by atoms with Gasteiger partial charge in [-0.3, -0.25) is 9.69 Å². The van der Waals surface area contributed by atoms with Crippen molar-refractivity contribution < 1.29 is 32.2 Å². The van der Waals surface area contributed by atoms with Crippen molar-refractivity contribution in [1.82, 2.24) is 10.2 Å². The van der Waals surface area contributed by atoms with E-state index in [0.29, 0.717) is 5.56 Å². The smallest absolute Gasteiger partial charge is 0.406 e. The number of rotatable bonds is 6. The first-order chi connectivity index (χ1) is 11.1. The Morgan fingerprint density at radius 2 is 2.00 bits per heavy atom. The maximum atomic E-state index is 12.3. The number of nitrogens with one attached hydrogen (secondary N) is 1. The van der Waals surface area contributed by atoms with E-state index in [2.05, 4.69) is 10.1 Å². The molecular weight excluding hydrogens is 329 g/mol. The van der Waals surface area contributed by atoms with Crippen LogP contribution in [0.3, 0.4) is 0 Å². The van der Waals surface area contributed by atoms with E-state index in [-0.39, 0.29) is 25.3 Å². The minimum Gasteiger partial charge on any atom is -0.406 e. The lowest BCUT2D eigenvalue weighted by Gasteiger charge is -2.20. The highest BCUT2D eigenvalue weighted by atomic mass is 19.4. The van der Waals surface area contributed by atoms with Gasteiger partial charge >= 0.3 is 12.4 Å². The van der Waals surface area contributed by atoms with Crippen molar-refractivity contribution in [3.05, 3.63) is 29.8 Å². The molecule has 6 nitrogen and oxygen atoms in total. The summed E-state index contributed by atoms with van der Waals surface area (Å²) in [6.45, 7) is 1.62. The molecule has 1 aliphatic heterocycles. The lowest BCUT2D eigenvalue weighted by atomic mass is 10.0. The fourth-order valence-corrected chi connectivity index (χ4v) is 2.48. The van der Waals surface area contributed by atoms with E-state index in [1.165, 1.54) is 25.3 Å². The second-order valence-corrected chi connectivity index (χ2v) is 5.60. The third-order valence-corrected chi connectivity index (χ3v) is 3.53. The summed E-state index contributed by atoms with van der Waals surface area (Å²) in [6.07, 6.45) is -4.57. The Kier molecular flexibility index (Phi) is 5.02. The Balaban J connectivity index is 2.02. The second kappa shape index (κ2) is 6.68. The van der Waals surface area contributed by atoms with Gasteiger partial charge in [0.15, 0.2) is 0 Å². The Labute approximate surface area is 136 Å². The molecule has 1 aromatic rings. The topological polar surface area (TPSA) is 67.9 Å². The van der Waals surface area contributed by atoms with E-state index in [0.717, 1.165) is 4.90 Å². The van der Waals surface area contributed by atoms with Crippen molar-refractivity contribution in [2.45, 2.75) is 25.2 Å². The van der Waals surface area contributed by atoms with Gasteiger partial charge in [0.1, 0.15) is 11.3 Å². The Bertz CT molecular complexity index is 635. The van der Waals surface area contributed by atoms with Gasteiger partial charge in [0, 0.05) is 13.7 Å². The van der Waals surface area contributed by atoms with Gasteiger partial charge in [-0.1, -0.05) is 12.1 Å². The molecular formula is C15H17F3N2O4. The van der Waals surface area contributed by atoms with Crippen LogP contribution >= 0.6 is 0 Å². The lowest BCUT2D eigenvalue weighted by Crippen LogP contribution is -2.48. The molecule has 0 aromatic heterocycles. The average Bonchev–Trinajstić information content (AvgIpc) is 2.66. The van der Waals surface area contributed by atoms with Crippen LogP contribution in [-0.2, 0) is 16.0 Å². The molecule has 9 heteroatoms. The molecule has 1 fully saturated rings. The lowest BCUT2D eigenvalue weighted by molar-refractivity contribution is -0.274. The summed E-state index contributed by atoms with van der Waals surface area (Å²) in [5, 5.41) is 2.55. The Morgan fingerprint density at radius 1 is 1.29 bits per heavy atom. The van der Waals surface area contributed by atoms with Gasteiger partial charge in [0.05, 0.1) is 6.61 Å². The molecule has 1 atom stereocenters. The number of hydrogen-bond donors (Lipinski definition) is 1. The van der Waals surface area contributed by atoms with Crippen molar-refractivity contribution >= 4 is 11.9 Å². The van der Waals surface area contributed by atoms with Crippen molar-refractivity contribution in [3.63, 3.8) is 0 Å². The van der Waals surface area contributed by atoms with Crippen LogP contribution in [0.4, 0.5) is 18.0 Å². The number of imide groups is 1. The van der Waals surface area contributed by atoms with Crippen LogP contribution in [0.1, 0.15) is 12.5 Å². The van der Waals surface area contributed by atoms with Crippen LogP contribution < -0.4 is 10.1 Å². The number of nitrogens with zero attached hydrogens (tertiary/aromatic N) is 1. The SMILES string of the molecule is COC[C@@]1(C)NC(=O)N(CCc2cccc(OC(F)(F)F)c2)C1=O. The molecule has 1 heterocycles. The molecule has 0 saturated carbocycles. The molecule has 1 aromatic carbocycles. The molecule has 3 amide bonds. The Hall–Kier alpha value is -2.29. The van der Waals surface area contributed by atoms with Gasteiger partial charge in [-0.15, -0.1) is 13.2 Å². The third kappa shape index (κ3) is 4.16. The zero-order chi connectivity index (χ0) is 18.0. The van der Waals surface area contributed by atoms with E-state index >= 15 is 0 Å². The molecule has 0 spiro atoms. The van der Waals surface area contributed by atoms with Gasteiger partial charge in [0.25, 0.3) is 5.91 Å². The number of urea groups is 1. The summed E-state index contributed by atoms with van der Waals surface area (Å²) in [6, 6.07) is 4.86. The number of benzene rings is 1. The Morgan fingerprint density at radius 3 is 2.62 bits per heavy atom. The van der Waals surface area contributed by atoms with Gasteiger partial charge in [0.2, 0.25) is 0 Å². The fraction of sp³-hybridized carbons (Fsp3) is 0.467. The van der Waals surface area contributed by atoms with E-state index in [9.17, 15) is 22.8 Å². The van der Waals surface area contributed by atoms with Crippen LogP contribution in [0.5, 0.6) is 5.75 Å². The minimum absolute atomic E-state index is 0.0307. The van der Waals surface area contributed by atoms with Crippen molar-refractivity contribution in [3.8, 4) is 5.75 Å². The van der Waals surface area contributed by atoms with E-state index in [1.807, 2.05) is 0 Å². The standard InChI is InChI=1S/C15H17F3N2O4/c1-14(9-23-2)12(21)20(13(22)19-14)7-6-10-4-3-5-11(8-10)24-15(16,17)18/h3-5,8H,6-7,9H2,1-2H3,(H,19,22)/t14-/m1/s1. The molecule has 132 valence electrons. The second-order valence-electron chi connectivity index (χ2n) is 5.60. The zero-order valence-corrected chi connectivity index (χ0v) is 13.1. The number of methoxy groups -OCH3 is 1. The molecule has 0 unspecified atom stereocenters. The van der Waals surface area contributed by atoms with Gasteiger partial charge in [-0.05, 0) is 31.0 Å². The number of halogens is 3. The van der Waals surface area contributed by atoms with Crippen molar-refractivity contribution in [1.29, 1.82) is 0 Å². The van der Waals surface area contributed by atoms with Gasteiger partial charge < -0.3 is 14.8 Å². The van der Waals surface area contributed by atoms with Gasteiger partial charge in [-0.25, -0.2) is 4.79 Å². The highest BCUT2D eigenvalue weighted by molar-refractivity contribution is 6.06. The highest BCUT2D eigenvalue weighted by Gasteiger charge is 2.47. The van der Waals surface area contributed by atoms with Crippen LogP contribution in [-0.4, -0.2) is 49.0 Å². The number of carbonyl (C=O) groups is 2. The summed E-state index contributed by atoms with van der Waals surface area (Å²) in [4.78, 5) is 25.2. The zero-order valence-electron chi connectivity index (χ0n) is 13.1. The molecule has 24 heavy (non-hydrogen) atoms. The molecule has 2 rings (SSSR count). The molecule has 0 bridgehead atoms. The number of amides is 3. The summed E-state index contributed by atoms with van der Waals surface area (Å²) < 4.78 is 45.5. The molecule has 1 N–H and O–H groups in total. The fourth-order valence-electron chi connectivity index (χ4n) is 2.48. The molecule has 1 aliphatic rings. The number of carbonyl (C=O) groups excluding carboxylic acids is 2. The molecule has 1 saturated heterocycles. The summed E-state index contributed by atoms with van der Waals surface area (Å²) in [5.74, 6) is -0.779.